The van der Waals surface area contributed by atoms with Crippen LogP contribution >= 0.6 is 0 Å². The summed E-state index contributed by atoms with van der Waals surface area (Å²) in [6, 6.07) is 0. The van der Waals surface area contributed by atoms with Crippen molar-refractivity contribution in [3.8, 4) is 5.75 Å². The molecule has 1 aromatic heterocycles. The van der Waals surface area contributed by atoms with E-state index in [1.165, 1.54) is 0 Å². The predicted molar refractivity (Wildman–Crippen MR) is 58.1 cm³/mol. The molecule has 0 aliphatic carbocycles. The smallest absolute Gasteiger partial charge is 0.311 e. The molecule has 1 heterocycles. The summed E-state index contributed by atoms with van der Waals surface area (Å²) in [5.41, 5.74) is -1.91. The van der Waals surface area contributed by atoms with Gasteiger partial charge in [0.2, 0.25) is 0 Å². The SMILES string of the molecule is COC(=O)Cc1ncc([N+](=O)[O-])c(C(F)F)c1OC. The van der Waals surface area contributed by atoms with Crippen molar-refractivity contribution >= 4 is 11.7 Å². The molecule has 0 saturated heterocycles. The van der Waals surface area contributed by atoms with Crippen LogP contribution in [0.5, 0.6) is 5.75 Å². The molecule has 0 saturated carbocycles. The van der Waals surface area contributed by atoms with Gasteiger partial charge in [-0.1, -0.05) is 0 Å². The van der Waals surface area contributed by atoms with E-state index < -0.39 is 40.7 Å². The summed E-state index contributed by atoms with van der Waals surface area (Å²) >= 11 is 0. The number of carbonyl (C=O) groups is 1. The molecule has 0 radical (unpaired) electrons. The minimum Gasteiger partial charge on any atom is -0.494 e. The lowest BCUT2D eigenvalue weighted by Gasteiger charge is -2.11. The van der Waals surface area contributed by atoms with Crippen molar-refractivity contribution in [2.45, 2.75) is 12.8 Å². The Hall–Kier alpha value is -2.32. The van der Waals surface area contributed by atoms with Crippen LogP contribution in [0.4, 0.5) is 14.5 Å². The Balaban J connectivity index is 3.40. The average Bonchev–Trinajstić information content (AvgIpc) is 2.37. The molecule has 0 fully saturated rings. The van der Waals surface area contributed by atoms with Crippen LogP contribution < -0.4 is 4.74 Å². The van der Waals surface area contributed by atoms with Gasteiger partial charge in [0, 0.05) is 0 Å². The lowest BCUT2D eigenvalue weighted by Crippen LogP contribution is -2.10. The molecule has 0 N–H and O–H groups in total. The second-order valence-corrected chi connectivity index (χ2v) is 3.35. The molecular weight excluding hydrogens is 266 g/mol. The van der Waals surface area contributed by atoms with E-state index in [0.717, 1.165) is 14.2 Å². The number of esters is 1. The number of aromatic nitrogens is 1. The molecule has 0 atom stereocenters. The molecule has 19 heavy (non-hydrogen) atoms. The minimum atomic E-state index is -3.13. The first-order valence-corrected chi connectivity index (χ1v) is 4.97. The molecule has 0 aliphatic rings. The number of pyridine rings is 1. The van der Waals surface area contributed by atoms with Crippen LogP contribution in [0.1, 0.15) is 17.7 Å². The number of methoxy groups -OCH3 is 2. The molecule has 0 unspecified atom stereocenters. The third-order valence-corrected chi connectivity index (χ3v) is 2.28. The summed E-state index contributed by atoms with van der Waals surface area (Å²) < 4.78 is 34.9. The number of halogens is 2. The van der Waals surface area contributed by atoms with Crippen molar-refractivity contribution in [3.63, 3.8) is 0 Å². The van der Waals surface area contributed by atoms with E-state index in [0.29, 0.717) is 6.20 Å². The molecule has 7 nitrogen and oxygen atoms in total. The minimum absolute atomic E-state index is 0.143. The van der Waals surface area contributed by atoms with Crippen molar-refractivity contribution < 1.29 is 28.0 Å². The summed E-state index contributed by atoms with van der Waals surface area (Å²) in [5, 5.41) is 10.7. The zero-order valence-corrected chi connectivity index (χ0v) is 10.1. The Morgan fingerprint density at radius 2 is 2.16 bits per heavy atom. The highest BCUT2D eigenvalue weighted by Gasteiger charge is 2.30. The molecule has 1 rings (SSSR count). The van der Waals surface area contributed by atoms with Gasteiger partial charge in [0.05, 0.1) is 31.3 Å². The Morgan fingerprint density at radius 1 is 1.53 bits per heavy atom. The first-order valence-electron chi connectivity index (χ1n) is 4.97. The standard InChI is InChI=1S/C10H10F2N2O5/c1-18-7(15)3-5-9(19-2)8(10(11)12)6(4-13-5)14(16)17/h4,10H,3H2,1-2H3. The first-order chi connectivity index (χ1) is 8.92. The first kappa shape index (κ1) is 14.7. The van der Waals surface area contributed by atoms with Crippen LogP contribution in [-0.4, -0.2) is 30.1 Å². The lowest BCUT2D eigenvalue weighted by molar-refractivity contribution is -0.386. The Morgan fingerprint density at radius 3 is 2.58 bits per heavy atom. The van der Waals surface area contributed by atoms with Crippen LogP contribution in [0.15, 0.2) is 6.20 Å². The van der Waals surface area contributed by atoms with Gasteiger partial charge >= 0.3 is 5.97 Å². The van der Waals surface area contributed by atoms with E-state index >= 15 is 0 Å². The summed E-state index contributed by atoms with van der Waals surface area (Å²) in [6.07, 6.45) is -2.88. The van der Waals surface area contributed by atoms with Gasteiger partial charge in [-0.15, -0.1) is 0 Å². The van der Waals surface area contributed by atoms with E-state index in [9.17, 15) is 23.7 Å². The number of rotatable bonds is 5. The van der Waals surface area contributed by atoms with E-state index in [1.54, 1.807) is 0 Å². The fourth-order valence-corrected chi connectivity index (χ4v) is 1.46. The zero-order valence-electron chi connectivity index (χ0n) is 10.1. The highest BCUT2D eigenvalue weighted by Crippen LogP contribution is 2.38. The van der Waals surface area contributed by atoms with E-state index in [1.807, 2.05) is 0 Å². The van der Waals surface area contributed by atoms with Gasteiger partial charge in [-0.25, -0.2) is 13.8 Å². The third kappa shape index (κ3) is 3.12. The Labute approximate surface area is 106 Å². The van der Waals surface area contributed by atoms with Crippen LogP contribution in [-0.2, 0) is 16.0 Å². The van der Waals surface area contributed by atoms with Gasteiger partial charge in [-0.05, 0) is 0 Å². The molecular formula is C10H10F2N2O5. The fraction of sp³-hybridized carbons (Fsp3) is 0.400. The maximum Gasteiger partial charge on any atom is 0.311 e. The molecule has 0 bridgehead atoms. The quantitative estimate of drug-likeness (QED) is 0.461. The Kier molecular flexibility index (Phi) is 4.67. The lowest BCUT2D eigenvalue weighted by atomic mass is 10.1. The number of nitro groups is 1. The molecule has 0 aromatic carbocycles. The molecule has 0 amide bonds. The van der Waals surface area contributed by atoms with E-state index in [4.69, 9.17) is 4.74 Å². The number of ether oxygens (including phenoxy) is 2. The maximum atomic E-state index is 12.9. The summed E-state index contributed by atoms with van der Waals surface area (Å²) in [7, 11) is 2.18. The monoisotopic (exact) mass is 276 g/mol. The third-order valence-electron chi connectivity index (χ3n) is 2.28. The second kappa shape index (κ2) is 6.03. The molecule has 9 heteroatoms. The van der Waals surface area contributed by atoms with Crippen LogP contribution in [0.25, 0.3) is 0 Å². The van der Waals surface area contributed by atoms with Crippen LogP contribution in [0.2, 0.25) is 0 Å². The van der Waals surface area contributed by atoms with Gasteiger partial charge in [0.15, 0.2) is 5.75 Å². The second-order valence-electron chi connectivity index (χ2n) is 3.35. The van der Waals surface area contributed by atoms with Gasteiger partial charge in [0.1, 0.15) is 11.8 Å². The maximum absolute atomic E-state index is 12.9. The van der Waals surface area contributed by atoms with Gasteiger partial charge in [0.25, 0.3) is 12.1 Å². The number of hydrogen-bond donors (Lipinski definition) is 0. The van der Waals surface area contributed by atoms with E-state index in [-0.39, 0.29) is 5.69 Å². The summed E-state index contributed by atoms with van der Waals surface area (Å²) in [5.74, 6) is -1.20. The topological polar surface area (TPSA) is 91.6 Å². The van der Waals surface area contributed by atoms with Crippen molar-refractivity contribution in [1.29, 1.82) is 0 Å². The average molecular weight is 276 g/mol. The Bertz CT molecular complexity index is 507. The summed E-state index contributed by atoms with van der Waals surface area (Å²) in [6.45, 7) is 0. The van der Waals surface area contributed by atoms with Crippen molar-refractivity contribution in [2.75, 3.05) is 14.2 Å². The zero-order chi connectivity index (χ0) is 14.6. The van der Waals surface area contributed by atoms with Crippen LogP contribution in [0, 0.1) is 10.1 Å². The highest BCUT2D eigenvalue weighted by molar-refractivity contribution is 5.73. The fourth-order valence-electron chi connectivity index (χ4n) is 1.46. The van der Waals surface area contributed by atoms with Gasteiger partial charge in [-0.3, -0.25) is 14.9 Å². The number of hydrogen-bond acceptors (Lipinski definition) is 6. The van der Waals surface area contributed by atoms with Crippen molar-refractivity contribution in [2.24, 2.45) is 0 Å². The largest absolute Gasteiger partial charge is 0.494 e. The van der Waals surface area contributed by atoms with E-state index in [2.05, 4.69) is 9.72 Å². The highest BCUT2D eigenvalue weighted by atomic mass is 19.3. The number of alkyl halides is 2. The van der Waals surface area contributed by atoms with Crippen molar-refractivity contribution in [1.82, 2.24) is 4.98 Å². The molecule has 104 valence electrons. The van der Waals surface area contributed by atoms with Gasteiger partial charge in [-0.2, -0.15) is 0 Å². The van der Waals surface area contributed by atoms with Gasteiger partial charge < -0.3 is 9.47 Å². The molecule has 0 aliphatic heterocycles. The number of carbonyl (C=O) groups excluding carboxylic acids is 1. The predicted octanol–water partition coefficient (Wildman–Crippen LogP) is 1.65. The molecule has 0 spiro atoms. The summed E-state index contributed by atoms with van der Waals surface area (Å²) in [4.78, 5) is 24.4. The van der Waals surface area contributed by atoms with Crippen molar-refractivity contribution in [3.05, 3.63) is 27.6 Å². The molecule has 1 aromatic rings. The van der Waals surface area contributed by atoms with Crippen LogP contribution in [0.3, 0.4) is 0 Å². The normalized spacial score (nSPS) is 10.4. The number of nitrogens with zero attached hydrogens (tertiary/aromatic N) is 2.